The van der Waals surface area contributed by atoms with E-state index in [-0.39, 0.29) is 37.5 Å². The molecule has 1 aliphatic rings. The number of thiophene rings is 1. The molecule has 0 unspecified atom stereocenters. The zero-order valence-corrected chi connectivity index (χ0v) is 20.5. The van der Waals surface area contributed by atoms with Gasteiger partial charge in [-0.25, -0.2) is 4.39 Å². The molecule has 1 amide bonds. The van der Waals surface area contributed by atoms with Crippen molar-refractivity contribution in [2.45, 2.75) is 38.8 Å². The fraction of sp³-hybridized carbons (Fsp3) is 0.560. The number of carbonyl (C=O) groups excluding carboxylic acids is 1. The van der Waals surface area contributed by atoms with E-state index in [2.05, 4.69) is 19.9 Å². The van der Waals surface area contributed by atoms with Gasteiger partial charge in [0.1, 0.15) is 18.2 Å². The molecule has 182 valence electrons. The average Bonchev–Trinajstić information content (AvgIpc) is 3.25. The van der Waals surface area contributed by atoms with Crippen LogP contribution in [0, 0.1) is 11.7 Å². The standard InChI is InChI=1S/C25H35FN2O4S/c1-18(2)7-10-27(14-20(29)16-31-3)15-25(30)28-11-8-24-22(9-12-33-24)23(28)17-32-21-6-4-5-19(26)13-21/h4-6,9,12-13,18,20,23,29H,7-8,10-11,14-17H2,1-3H3/t20-,23+/m1/s1. The quantitative estimate of drug-likeness (QED) is 0.504. The summed E-state index contributed by atoms with van der Waals surface area (Å²) in [5, 5.41) is 12.3. The van der Waals surface area contributed by atoms with Crippen molar-refractivity contribution in [1.82, 2.24) is 9.80 Å². The Kier molecular flexibility index (Phi) is 9.67. The fourth-order valence-corrected chi connectivity index (χ4v) is 5.04. The number of nitrogens with zero attached hydrogens (tertiary/aromatic N) is 2. The molecule has 0 saturated carbocycles. The molecule has 0 bridgehead atoms. The molecule has 0 saturated heterocycles. The minimum Gasteiger partial charge on any atom is -0.491 e. The van der Waals surface area contributed by atoms with Crippen molar-refractivity contribution in [1.29, 1.82) is 0 Å². The normalized spacial score (nSPS) is 16.8. The van der Waals surface area contributed by atoms with E-state index in [1.807, 2.05) is 15.2 Å². The third kappa shape index (κ3) is 7.50. The van der Waals surface area contributed by atoms with Crippen LogP contribution in [-0.4, -0.2) is 73.4 Å². The first-order valence-electron chi connectivity index (χ1n) is 11.5. The summed E-state index contributed by atoms with van der Waals surface area (Å²) in [6.45, 7) is 6.74. The highest BCUT2D eigenvalue weighted by molar-refractivity contribution is 7.10. The minimum absolute atomic E-state index is 0.00747. The van der Waals surface area contributed by atoms with Crippen LogP contribution in [0.4, 0.5) is 4.39 Å². The third-order valence-corrected chi connectivity index (χ3v) is 6.83. The zero-order valence-electron chi connectivity index (χ0n) is 19.7. The van der Waals surface area contributed by atoms with E-state index in [0.717, 1.165) is 24.9 Å². The molecule has 2 heterocycles. The molecule has 1 aliphatic heterocycles. The van der Waals surface area contributed by atoms with Crippen LogP contribution in [0.1, 0.15) is 36.8 Å². The number of aliphatic hydroxyl groups is 1. The number of carbonyl (C=O) groups is 1. The first-order chi connectivity index (χ1) is 15.9. The molecule has 3 rings (SSSR count). The lowest BCUT2D eigenvalue weighted by Gasteiger charge is -2.37. The van der Waals surface area contributed by atoms with Crippen molar-refractivity contribution in [3.8, 4) is 5.75 Å². The highest BCUT2D eigenvalue weighted by atomic mass is 32.1. The van der Waals surface area contributed by atoms with Crippen LogP contribution in [0.25, 0.3) is 0 Å². The number of halogens is 1. The molecule has 33 heavy (non-hydrogen) atoms. The Labute approximate surface area is 199 Å². The minimum atomic E-state index is -0.646. The average molecular weight is 479 g/mol. The maximum absolute atomic E-state index is 13.6. The molecule has 1 aromatic carbocycles. The van der Waals surface area contributed by atoms with E-state index in [0.29, 0.717) is 24.8 Å². The Morgan fingerprint density at radius 3 is 2.91 bits per heavy atom. The largest absolute Gasteiger partial charge is 0.491 e. The molecular weight excluding hydrogens is 443 g/mol. The lowest BCUT2D eigenvalue weighted by atomic mass is 10.00. The van der Waals surface area contributed by atoms with Gasteiger partial charge in [0.15, 0.2) is 0 Å². The highest BCUT2D eigenvalue weighted by Gasteiger charge is 2.33. The van der Waals surface area contributed by atoms with Gasteiger partial charge in [0.05, 0.1) is 25.3 Å². The number of methoxy groups -OCH3 is 1. The van der Waals surface area contributed by atoms with Gasteiger partial charge < -0.3 is 19.5 Å². The number of hydrogen-bond acceptors (Lipinski definition) is 6. The van der Waals surface area contributed by atoms with Crippen molar-refractivity contribution >= 4 is 17.2 Å². The monoisotopic (exact) mass is 478 g/mol. The van der Waals surface area contributed by atoms with E-state index in [1.54, 1.807) is 30.6 Å². The van der Waals surface area contributed by atoms with Crippen LogP contribution < -0.4 is 4.74 Å². The van der Waals surface area contributed by atoms with Crippen LogP contribution in [0.5, 0.6) is 5.75 Å². The highest BCUT2D eigenvalue weighted by Crippen LogP contribution is 2.34. The van der Waals surface area contributed by atoms with Crippen molar-refractivity contribution in [2.24, 2.45) is 5.92 Å². The lowest BCUT2D eigenvalue weighted by molar-refractivity contribution is -0.136. The molecule has 0 aliphatic carbocycles. The Bertz CT molecular complexity index is 891. The number of ether oxygens (including phenoxy) is 2. The number of rotatable bonds is 12. The van der Waals surface area contributed by atoms with E-state index in [4.69, 9.17) is 9.47 Å². The molecule has 2 atom stereocenters. The fourth-order valence-electron chi connectivity index (χ4n) is 4.11. The molecule has 0 spiro atoms. The Balaban J connectivity index is 1.72. The lowest BCUT2D eigenvalue weighted by Crippen LogP contribution is -2.48. The summed E-state index contributed by atoms with van der Waals surface area (Å²) in [7, 11) is 1.56. The van der Waals surface area contributed by atoms with Gasteiger partial charge >= 0.3 is 0 Å². The molecule has 2 aromatic rings. The summed E-state index contributed by atoms with van der Waals surface area (Å²) in [5.41, 5.74) is 1.10. The van der Waals surface area contributed by atoms with Crippen LogP contribution >= 0.6 is 11.3 Å². The zero-order chi connectivity index (χ0) is 23.8. The molecule has 8 heteroatoms. The Morgan fingerprint density at radius 2 is 2.18 bits per heavy atom. The summed E-state index contributed by atoms with van der Waals surface area (Å²) >= 11 is 1.70. The summed E-state index contributed by atoms with van der Waals surface area (Å²) in [4.78, 5) is 18.6. The summed E-state index contributed by atoms with van der Waals surface area (Å²) in [6, 6.07) is 7.89. The summed E-state index contributed by atoms with van der Waals surface area (Å²) in [6.07, 6.45) is 1.10. The molecule has 0 radical (unpaired) electrons. The van der Waals surface area contributed by atoms with Crippen molar-refractivity contribution in [3.05, 3.63) is 52.0 Å². The molecule has 1 aromatic heterocycles. The topological polar surface area (TPSA) is 62.2 Å². The van der Waals surface area contributed by atoms with Crippen LogP contribution in [0.3, 0.4) is 0 Å². The first-order valence-corrected chi connectivity index (χ1v) is 12.4. The van der Waals surface area contributed by atoms with Gasteiger partial charge in [-0.2, -0.15) is 0 Å². The number of amides is 1. The summed E-state index contributed by atoms with van der Waals surface area (Å²) in [5.74, 6) is 0.604. The second-order valence-electron chi connectivity index (χ2n) is 8.95. The predicted octanol–water partition coefficient (Wildman–Crippen LogP) is 3.75. The summed E-state index contributed by atoms with van der Waals surface area (Å²) < 4.78 is 24.6. The van der Waals surface area contributed by atoms with Gasteiger partial charge in [-0.05, 0) is 54.4 Å². The third-order valence-electron chi connectivity index (χ3n) is 5.83. The molecule has 1 N–H and O–H groups in total. The van der Waals surface area contributed by atoms with Gasteiger partial charge in [-0.1, -0.05) is 19.9 Å². The molecule has 0 fully saturated rings. The predicted molar refractivity (Wildman–Crippen MR) is 128 cm³/mol. The number of fused-ring (bicyclic) bond motifs is 1. The van der Waals surface area contributed by atoms with Gasteiger partial charge in [0.25, 0.3) is 0 Å². The van der Waals surface area contributed by atoms with Gasteiger partial charge in [0, 0.05) is 31.1 Å². The van der Waals surface area contributed by atoms with E-state index >= 15 is 0 Å². The smallest absolute Gasteiger partial charge is 0.237 e. The number of aliphatic hydroxyl groups excluding tert-OH is 1. The van der Waals surface area contributed by atoms with Crippen molar-refractivity contribution in [2.75, 3.05) is 46.5 Å². The molecule has 6 nitrogen and oxygen atoms in total. The van der Waals surface area contributed by atoms with Crippen molar-refractivity contribution in [3.63, 3.8) is 0 Å². The van der Waals surface area contributed by atoms with Gasteiger partial charge in [0.2, 0.25) is 5.91 Å². The second kappa shape index (κ2) is 12.5. The van der Waals surface area contributed by atoms with E-state index in [1.165, 1.54) is 17.0 Å². The maximum Gasteiger partial charge on any atom is 0.237 e. The van der Waals surface area contributed by atoms with Gasteiger partial charge in [-0.3, -0.25) is 9.69 Å². The first kappa shape index (κ1) is 25.6. The van der Waals surface area contributed by atoms with Gasteiger partial charge in [-0.15, -0.1) is 11.3 Å². The maximum atomic E-state index is 13.6. The van der Waals surface area contributed by atoms with E-state index in [9.17, 15) is 14.3 Å². The van der Waals surface area contributed by atoms with E-state index < -0.39 is 6.10 Å². The second-order valence-corrected chi connectivity index (χ2v) is 9.95. The Hall–Kier alpha value is -2.00. The number of hydrogen-bond donors (Lipinski definition) is 1. The number of benzene rings is 1. The van der Waals surface area contributed by atoms with Crippen LogP contribution in [-0.2, 0) is 16.0 Å². The molecular formula is C25H35FN2O4S. The van der Waals surface area contributed by atoms with Crippen LogP contribution in [0.2, 0.25) is 0 Å². The van der Waals surface area contributed by atoms with Crippen LogP contribution in [0.15, 0.2) is 35.7 Å². The Morgan fingerprint density at radius 1 is 1.36 bits per heavy atom. The van der Waals surface area contributed by atoms with Crippen molar-refractivity contribution < 1.29 is 23.8 Å². The SMILES string of the molecule is COC[C@H](O)CN(CCC(C)C)CC(=O)N1CCc2sccc2[C@@H]1COc1cccc(F)c1.